The molecule has 2 N–H and O–H groups in total. The molecule has 0 radical (unpaired) electrons. The van der Waals surface area contributed by atoms with Crippen molar-refractivity contribution in [3.05, 3.63) is 0 Å². The third-order valence-electron chi connectivity index (χ3n) is 3.26. The molecule has 0 spiro atoms. The van der Waals surface area contributed by atoms with Gasteiger partial charge in [-0.3, -0.25) is 4.99 Å². The molecule has 1 aliphatic heterocycles. The average molecular weight is 213 g/mol. The van der Waals surface area contributed by atoms with Crippen LogP contribution in [0.3, 0.4) is 0 Å². The van der Waals surface area contributed by atoms with Crippen molar-refractivity contribution in [1.29, 1.82) is 0 Å². The zero-order valence-electron chi connectivity index (χ0n) is 10.1. The summed E-state index contributed by atoms with van der Waals surface area (Å²) in [6, 6.07) is 0.482. The Kier molecular flexibility index (Phi) is 4.88. The third-order valence-corrected chi connectivity index (χ3v) is 3.26. The highest BCUT2D eigenvalue weighted by atomic mass is 16.5. The maximum absolute atomic E-state index is 5.88. The van der Waals surface area contributed by atoms with Crippen LogP contribution in [-0.2, 0) is 4.74 Å². The molecule has 15 heavy (non-hydrogen) atoms. The zero-order chi connectivity index (χ0) is 11.3. The van der Waals surface area contributed by atoms with E-state index >= 15 is 0 Å². The molecule has 1 aliphatic rings. The molecular weight excluding hydrogens is 190 g/mol. The van der Waals surface area contributed by atoms with Gasteiger partial charge in [-0.15, -0.1) is 0 Å². The van der Waals surface area contributed by atoms with Gasteiger partial charge in [0.25, 0.3) is 0 Å². The van der Waals surface area contributed by atoms with E-state index in [0.29, 0.717) is 24.5 Å². The lowest BCUT2D eigenvalue weighted by atomic mass is 9.93. The van der Waals surface area contributed by atoms with Gasteiger partial charge >= 0.3 is 0 Å². The van der Waals surface area contributed by atoms with E-state index in [0.717, 1.165) is 13.1 Å². The molecule has 4 nitrogen and oxygen atoms in total. The van der Waals surface area contributed by atoms with Crippen molar-refractivity contribution < 1.29 is 4.74 Å². The minimum absolute atomic E-state index is 0.482. The minimum Gasteiger partial charge on any atom is -0.383 e. The summed E-state index contributed by atoms with van der Waals surface area (Å²) in [7, 11) is 1.72. The Morgan fingerprint density at radius 2 is 2.20 bits per heavy atom. The van der Waals surface area contributed by atoms with Gasteiger partial charge in [-0.25, -0.2) is 0 Å². The van der Waals surface area contributed by atoms with Crippen LogP contribution in [0.4, 0.5) is 0 Å². The fraction of sp³-hybridized carbons (Fsp3) is 0.909. The van der Waals surface area contributed by atoms with Gasteiger partial charge in [-0.1, -0.05) is 26.7 Å². The van der Waals surface area contributed by atoms with Crippen molar-refractivity contribution in [1.82, 2.24) is 4.90 Å². The van der Waals surface area contributed by atoms with Crippen molar-refractivity contribution in [3.63, 3.8) is 0 Å². The predicted molar refractivity (Wildman–Crippen MR) is 62.9 cm³/mol. The Hall–Kier alpha value is -0.770. The predicted octanol–water partition coefficient (Wildman–Crippen LogP) is 1.07. The quantitative estimate of drug-likeness (QED) is 0.718. The second kappa shape index (κ2) is 5.95. The van der Waals surface area contributed by atoms with Gasteiger partial charge < -0.3 is 15.4 Å². The second-order valence-corrected chi connectivity index (χ2v) is 4.03. The Balaban J connectivity index is 2.57. The van der Waals surface area contributed by atoms with E-state index < -0.39 is 0 Å². The first-order valence-electron chi connectivity index (χ1n) is 5.80. The monoisotopic (exact) mass is 213 g/mol. The van der Waals surface area contributed by atoms with Gasteiger partial charge in [0, 0.05) is 13.7 Å². The summed E-state index contributed by atoms with van der Waals surface area (Å²) in [6.07, 6.45) is 2.38. The number of nitrogens with two attached hydrogens (primary N) is 1. The molecule has 0 fully saturated rings. The average Bonchev–Trinajstić information content (AvgIpc) is 2.60. The van der Waals surface area contributed by atoms with E-state index in [1.165, 1.54) is 12.8 Å². The van der Waals surface area contributed by atoms with Gasteiger partial charge in [-0.05, 0) is 5.92 Å². The molecule has 88 valence electrons. The zero-order valence-corrected chi connectivity index (χ0v) is 10.1. The molecule has 0 saturated carbocycles. The van der Waals surface area contributed by atoms with E-state index in [1.54, 1.807) is 7.11 Å². The fourth-order valence-corrected chi connectivity index (χ4v) is 2.25. The van der Waals surface area contributed by atoms with Crippen LogP contribution in [0.1, 0.15) is 26.7 Å². The summed E-state index contributed by atoms with van der Waals surface area (Å²) < 4.78 is 5.10. The number of hydrogen-bond donors (Lipinski definition) is 1. The van der Waals surface area contributed by atoms with Crippen LogP contribution in [0.5, 0.6) is 0 Å². The maximum atomic E-state index is 5.88. The lowest BCUT2D eigenvalue weighted by Gasteiger charge is -2.31. The van der Waals surface area contributed by atoms with E-state index in [2.05, 4.69) is 23.7 Å². The number of hydrogen-bond acceptors (Lipinski definition) is 4. The van der Waals surface area contributed by atoms with Gasteiger partial charge in [-0.2, -0.15) is 0 Å². The van der Waals surface area contributed by atoms with E-state index in [-0.39, 0.29) is 0 Å². The van der Waals surface area contributed by atoms with E-state index in [9.17, 15) is 0 Å². The first kappa shape index (κ1) is 12.3. The van der Waals surface area contributed by atoms with Crippen LogP contribution in [0.25, 0.3) is 0 Å². The first-order valence-corrected chi connectivity index (χ1v) is 5.80. The van der Waals surface area contributed by atoms with Crippen LogP contribution in [0.15, 0.2) is 4.99 Å². The molecule has 0 saturated heterocycles. The molecule has 1 unspecified atom stereocenters. The molecule has 1 atom stereocenters. The summed E-state index contributed by atoms with van der Waals surface area (Å²) in [4.78, 5) is 6.53. The molecule has 0 aromatic carbocycles. The fourth-order valence-electron chi connectivity index (χ4n) is 2.25. The third kappa shape index (κ3) is 2.84. The number of aliphatic imine (C=N–C) groups is 1. The molecule has 0 aliphatic carbocycles. The topological polar surface area (TPSA) is 50.8 Å². The van der Waals surface area contributed by atoms with Gasteiger partial charge in [0.15, 0.2) is 5.96 Å². The van der Waals surface area contributed by atoms with Crippen LogP contribution < -0.4 is 5.73 Å². The number of rotatable bonds is 6. The second-order valence-electron chi connectivity index (χ2n) is 4.03. The van der Waals surface area contributed by atoms with Crippen LogP contribution in [0.2, 0.25) is 0 Å². The Bertz CT molecular complexity index is 214. The number of guanidine groups is 1. The Morgan fingerprint density at radius 3 is 2.73 bits per heavy atom. The summed E-state index contributed by atoms with van der Waals surface area (Å²) in [5.74, 6) is 1.37. The van der Waals surface area contributed by atoms with Crippen LogP contribution >= 0.6 is 0 Å². The van der Waals surface area contributed by atoms with E-state index in [4.69, 9.17) is 10.5 Å². The SMILES string of the molecule is CCC(CC)C1CN=C(N)N1CCOC. The highest BCUT2D eigenvalue weighted by molar-refractivity contribution is 5.80. The molecule has 0 amide bonds. The number of nitrogens with zero attached hydrogens (tertiary/aromatic N) is 2. The van der Waals surface area contributed by atoms with Crippen molar-refractivity contribution >= 4 is 5.96 Å². The van der Waals surface area contributed by atoms with Crippen molar-refractivity contribution in [3.8, 4) is 0 Å². The molecule has 4 heteroatoms. The lowest BCUT2D eigenvalue weighted by molar-refractivity contribution is 0.149. The van der Waals surface area contributed by atoms with Gasteiger partial charge in [0.1, 0.15) is 0 Å². The normalized spacial score (nSPS) is 21.2. The standard InChI is InChI=1S/C11H23N3O/c1-4-9(5-2)10-8-13-11(12)14(10)6-7-15-3/h9-10H,4-8H2,1-3H3,(H2,12,13). The van der Waals surface area contributed by atoms with Crippen LogP contribution in [-0.4, -0.2) is 43.7 Å². The molecule has 0 aromatic rings. The Labute approximate surface area is 92.5 Å². The molecule has 1 rings (SSSR count). The van der Waals surface area contributed by atoms with Gasteiger partial charge in [0.05, 0.1) is 19.2 Å². The Morgan fingerprint density at radius 1 is 1.53 bits per heavy atom. The molecule has 0 bridgehead atoms. The summed E-state index contributed by atoms with van der Waals surface area (Å²) >= 11 is 0. The number of methoxy groups -OCH3 is 1. The van der Waals surface area contributed by atoms with Crippen molar-refractivity contribution in [2.45, 2.75) is 32.7 Å². The number of ether oxygens (including phenoxy) is 1. The lowest BCUT2D eigenvalue weighted by Crippen LogP contribution is -2.45. The molecule has 1 heterocycles. The summed E-state index contributed by atoms with van der Waals surface area (Å²) in [5, 5.41) is 0. The first-order chi connectivity index (χ1) is 7.24. The summed E-state index contributed by atoms with van der Waals surface area (Å²) in [5.41, 5.74) is 5.88. The highest BCUT2D eigenvalue weighted by Gasteiger charge is 2.30. The van der Waals surface area contributed by atoms with Crippen LogP contribution in [0, 0.1) is 5.92 Å². The van der Waals surface area contributed by atoms with Crippen molar-refractivity contribution in [2.24, 2.45) is 16.6 Å². The maximum Gasteiger partial charge on any atom is 0.191 e. The van der Waals surface area contributed by atoms with E-state index in [1.807, 2.05) is 0 Å². The smallest absolute Gasteiger partial charge is 0.191 e. The summed E-state index contributed by atoms with van der Waals surface area (Å²) in [6.45, 7) is 6.89. The van der Waals surface area contributed by atoms with Gasteiger partial charge in [0.2, 0.25) is 0 Å². The highest BCUT2D eigenvalue weighted by Crippen LogP contribution is 2.22. The molecule has 0 aromatic heterocycles. The molecular formula is C11H23N3O. The van der Waals surface area contributed by atoms with Crippen molar-refractivity contribution in [2.75, 3.05) is 26.8 Å². The largest absolute Gasteiger partial charge is 0.383 e. The minimum atomic E-state index is 0.482.